The number of ether oxygens (including phenoxy) is 1. The zero-order valence-electron chi connectivity index (χ0n) is 27.6. The lowest BCUT2D eigenvalue weighted by Crippen LogP contribution is -2.15. The molecule has 0 aromatic heterocycles. The fraction of sp³-hybridized carbons (Fsp3) is 0.0417. The second-order valence-electron chi connectivity index (χ2n) is 12.9. The summed E-state index contributed by atoms with van der Waals surface area (Å²) in [6.07, 6.45) is 8.69. The molecule has 0 spiro atoms. The van der Waals surface area contributed by atoms with Crippen molar-refractivity contribution in [1.29, 1.82) is 0 Å². The number of rotatable bonds is 7. The minimum atomic E-state index is 0.105. The number of hydrogen-bond acceptors (Lipinski definition) is 2. The van der Waals surface area contributed by atoms with E-state index in [0.717, 1.165) is 22.8 Å². The normalized spacial score (nSPS) is 15.6. The summed E-state index contributed by atoms with van der Waals surface area (Å²) in [5.41, 5.74) is 14.2. The van der Waals surface area contributed by atoms with E-state index in [1.54, 1.807) is 0 Å². The predicted molar refractivity (Wildman–Crippen MR) is 208 cm³/mol. The summed E-state index contributed by atoms with van der Waals surface area (Å²) in [7, 11) is 0. The number of fused-ring (bicyclic) bond motifs is 3. The Morgan fingerprint density at radius 2 is 0.740 bits per heavy atom. The molecule has 0 amide bonds. The Morgan fingerprint density at radius 3 is 1.22 bits per heavy atom. The van der Waals surface area contributed by atoms with Crippen molar-refractivity contribution >= 4 is 17.1 Å². The van der Waals surface area contributed by atoms with Gasteiger partial charge in [0, 0.05) is 28.5 Å². The second kappa shape index (κ2) is 12.9. The molecule has 2 nitrogen and oxygen atoms in total. The highest BCUT2D eigenvalue weighted by atomic mass is 16.5. The molecule has 0 bridgehead atoms. The van der Waals surface area contributed by atoms with Crippen LogP contribution >= 0.6 is 0 Å². The first-order valence-electron chi connectivity index (χ1n) is 17.2. The third-order valence-electron chi connectivity index (χ3n) is 9.86. The van der Waals surface area contributed by atoms with Gasteiger partial charge in [-0.25, -0.2) is 0 Å². The van der Waals surface area contributed by atoms with Gasteiger partial charge in [-0.05, 0) is 99.1 Å². The first-order chi connectivity index (χ1) is 24.8. The zero-order chi connectivity index (χ0) is 33.3. The molecule has 2 atom stereocenters. The summed E-state index contributed by atoms with van der Waals surface area (Å²) in [6, 6.07) is 63.2. The van der Waals surface area contributed by atoms with Gasteiger partial charge in [0.15, 0.2) is 0 Å². The van der Waals surface area contributed by atoms with Gasteiger partial charge in [-0.15, -0.1) is 0 Å². The molecule has 7 aromatic carbocycles. The number of hydrogen-bond donors (Lipinski definition) is 0. The maximum absolute atomic E-state index is 6.17. The molecule has 2 heteroatoms. The molecule has 1 heterocycles. The van der Waals surface area contributed by atoms with Crippen LogP contribution in [0, 0.1) is 0 Å². The number of allylic oxidation sites excluding steroid dienone is 2. The number of nitrogens with zero attached hydrogens (tertiary/aromatic N) is 1. The van der Waals surface area contributed by atoms with Gasteiger partial charge in [0.1, 0.15) is 11.9 Å². The van der Waals surface area contributed by atoms with E-state index in [9.17, 15) is 0 Å². The summed E-state index contributed by atoms with van der Waals surface area (Å²) < 4.78 is 6.17. The van der Waals surface area contributed by atoms with E-state index in [-0.39, 0.29) is 12.0 Å². The molecular weight excluding hydrogens is 607 g/mol. The summed E-state index contributed by atoms with van der Waals surface area (Å²) in [6.45, 7) is 0. The van der Waals surface area contributed by atoms with Crippen LogP contribution < -0.4 is 9.64 Å². The van der Waals surface area contributed by atoms with Gasteiger partial charge in [-0.1, -0.05) is 146 Å². The topological polar surface area (TPSA) is 12.5 Å². The largest absolute Gasteiger partial charge is 0.485 e. The van der Waals surface area contributed by atoms with Crippen LogP contribution in [-0.4, -0.2) is 6.10 Å². The Kier molecular flexibility index (Phi) is 7.68. The summed E-state index contributed by atoms with van der Waals surface area (Å²) in [4.78, 5) is 2.33. The lowest BCUT2D eigenvalue weighted by molar-refractivity contribution is 0.269. The smallest absolute Gasteiger partial charge is 0.128 e. The molecular formula is C48H35NO. The van der Waals surface area contributed by atoms with Crippen molar-refractivity contribution in [2.24, 2.45) is 0 Å². The molecule has 50 heavy (non-hydrogen) atoms. The van der Waals surface area contributed by atoms with Crippen molar-refractivity contribution in [2.45, 2.75) is 12.0 Å². The average molecular weight is 642 g/mol. The fourth-order valence-corrected chi connectivity index (χ4v) is 7.19. The van der Waals surface area contributed by atoms with Gasteiger partial charge < -0.3 is 9.64 Å². The first kappa shape index (κ1) is 29.7. The monoisotopic (exact) mass is 641 g/mol. The number of benzene rings is 7. The van der Waals surface area contributed by atoms with Gasteiger partial charge in [-0.3, -0.25) is 0 Å². The molecule has 0 fully saturated rings. The summed E-state index contributed by atoms with van der Waals surface area (Å²) >= 11 is 0. The van der Waals surface area contributed by atoms with Gasteiger partial charge in [0.2, 0.25) is 0 Å². The van der Waals surface area contributed by atoms with Crippen LogP contribution in [0.1, 0.15) is 11.5 Å². The van der Waals surface area contributed by atoms with Crippen LogP contribution in [0.25, 0.3) is 44.5 Å². The molecule has 1 aliphatic carbocycles. The van der Waals surface area contributed by atoms with Crippen LogP contribution in [-0.2, 0) is 0 Å². The Labute approximate surface area is 293 Å². The van der Waals surface area contributed by atoms with Gasteiger partial charge >= 0.3 is 0 Å². The molecule has 0 saturated carbocycles. The van der Waals surface area contributed by atoms with Gasteiger partial charge in [0.25, 0.3) is 0 Å². The van der Waals surface area contributed by atoms with E-state index in [4.69, 9.17) is 4.74 Å². The lowest BCUT2D eigenvalue weighted by Gasteiger charge is -2.26. The molecule has 0 saturated heterocycles. The molecule has 9 rings (SSSR count). The SMILES string of the molecule is C1=CC2Oc3ccc(-c4ccc(-c5ccc(N(c6ccc(-c7ccccc7)cc6)c6ccc(-c7ccccc7)cc6)cc5)cc4)cc3C2C=C1. The van der Waals surface area contributed by atoms with Crippen molar-refractivity contribution < 1.29 is 4.74 Å². The van der Waals surface area contributed by atoms with Crippen LogP contribution in [0.3, 0.4) is 0 Å². The highest BCUT2D eigenvalue weighted by Crippen LogP contribution is 2.43. The van der Waals surface area contributed by atoms with Crippen molar-refractivity contribution in [3.8, 4) is 50.3 Å². The molecule has 1 aliphatic heterocycles. The van der Waals surface area contributed by atoms with Crippen molar-refractivity contribution in [1.82, 2.24) is 0 Å². The molecule has 2 aliphatic rings. The maximum atomic E-state index is 6.17. The summed E-state index contributed by atoms with van der Waals surface area (Å²) in [5.74, 6) is 1.28. The number of anilines is 3. The van der Waals surface area contributed by atoms with E-state index < -0.39 is 0 Å². The van der Waals surface area contributed by atoms with Crippen LogP contribution in [0.2, 0.25) is 0 Å². The van der Waals surface area contributed by atoms with E-state index in [0.29, 0.717) is 0 Å². The Hall–Kier alpha value is -6.38. The highest BCUT2D eigenvalue weighted by molar-refractivity contribution is 5.81. The molecule has 7 aromatic rings. The van der Waals surface area contributed by atoms with Crippen molar-refractivity contribution in [3.05, 3.63) is 206 Å². The zero-order valence-corrected chi connectivity index (χ0v) is 27.6. The average Bonchev–Trinajstić information content (AvgIpc) is 3.58. The minimum absolute atomic E-state index is 0.105. The second-order valence-corrected chi connectivity index (χ2v) is 12.9. The van der Waals surface area contributed by atoms with E-state index in [1.807, 2.05) is 0 Å². The van der Waals surface area contributed by atoms with E-state index in [2.05, 4.69) is 205 Å². The first-order valence-corrected chi connectivity index (χ1v) is 17.2. The fourth-order valence-electron chi connectivity index (χ4n) is 7.19. The predicted octanol–water partition coefficient (Wildman–Crippen LogP) is 12.8. The Bertz CT molecular complexity index is 2220. The molecule has 2 unspecified atom stereocenters. The third-order valence-corrected chi connectivity index (χ3v) is 9.86. The lowest BCUT2D eigenvalue weighted by atomic mass is 9.90. The third kappa shape index (κ3) is 5.71. The maximum Gasteiger partial charge on any atom is 0.128 e. The van der Waals surface area contributed by atoms with Crippen molar-refractivity contribution in [2.75, 3.05) is 4.90 Å². The van der Waals surface area contributed by atoms with Crippen LogP contribution in [0.5, 0.6) is 5.75 Å². The molecule has 0 N–H and O–H groups in total. The van der Waals surface area contributed by atoms with Crippen LogP contribution in [0.15, 0.2) is 200 Å². The quantitative estimate of drug-likeness (QED) is 0.172. The standard InChI is InChI=1S/C48H35NO/c1-3-9-34(10-4-1)37-19-26-42(27-20-37)49(43-28-21-38(22-29-43)35-11-5-2-6-12-35)44-30-23-39(24-31-44)36-15-17-40(18-16-36)41-25-32-48-46(33-41)45-13-7-8-14-47(45)50-48/h1-33,45,47H. The van der Waals surface area contributed by atoms with Gasteiger partial charge in [0.05, 0.1) is 0 Å². The highest BCUT2D eigenvalue weighted by Gasteiger charge is 2.32. The van der Waals surface area contributed by atoms with Crippen molar-refractivity contribution in [3.63, 3.8) is 0 Å². The Morgan fingerprint density at radius 1 is 0.360 bits per heavy atom. The van der Waals surface area contributed by atoms with E-state index in [1.165, 1.54) is 50.1 Å². The molecule has 238 valence electrons. The van der Waals surface area contributed by atoms with Crippen LogP contribution in [0.4, 0.5) is 17.1 Å². The Balaban J connectivity index is 1.00. The molecule has 0 radical (unpaired) electrons. The van der Waals surface area contributed by atoms with E-state index >= 15 is 0 Å². The van der Waals surface area contributed by atoms with Gasteiger partial charge in [-0.2, -0.15) is 0 Å². The minimum Gasteiger partial charge on any atom is -0.485 e. The summed E-state index contributed by atoms with van der Waals surface area (Å²) in [5, 5.41) is 0.